The zero-order chi connectivity index (χ0) is 36.1. The molecular formula is C46H74O4. The molecule has 4 atom stereocenters. The van der Waals surface area contributed by atoms with Crippen molar-refractivity contribution < 1.29 is 18.9 Å². The highest BCUT2D eigenvalue weighted by Crippen LogP contribution is 2.46. The lowest BCUT2D eigenvalue weighted by Crippen LogP contribution is -2.15. The van der Waals surface area contributed by atoms with Crippen LogP contribution in [0.2, 0.25) is 0 Å². The molecule has 4 nitrogen and oxygen atoms in total. The summed E-state index contributed by atoms with van der Waals surface area (Å²) in [4.78, 5) is 0. The van der Waals surface area contributed by atoms with Gasteiger partial charge in [-0.1, -0.05) is 105 Å². The Kier molecular flexibility index (Phi) is 19.9. The summed E-state index contributed by atoms with van der Waals surface area (Å²) < 4.78 is 27.1. The number of hydrogen-bond acceptors (Lipinski definition) is 4. The van der Waals surface area contributed by atoms with E-state index in [-0.39, 0.29) is 24.4 Å². The van der Waals surface area contributed by atoms with Crippen LogP contribution in [0.1, 0.15) is 184 Å². The third-order valence-electron chi connectivity index (χ3n) is 10.1. The Balaban J connectivity index is 2.07. The van der Waals surface area contributed by atoms with Crippen LogP contribution in [0.5, 0.6) is 23.0 Å². The second-order valence-electron chi connectivity index (χ2n) is 15.2. The molecular weight excluding hydrogens is 617 g/mol. The fourth-order valence-electron chi connectivity index (χ4n) is 7.05. The number of ether oxygens (including phenoxy) is 4. The van der Waals surface area contributed by atoms with Gasteiger partial charge in [0.1, 0.15) is 23.0 Å². The number of rotatable bonds is 28. The van der Waals surface area contributed by atoms with Crippen molar-refractivity contribution in [1.82, 2.24) is 0 Å². The standard InChI is InChI=1S/C46H74O4/c1-9-13-17-21-25-35(5)47-39-29-31-41-43(33-39)45(49-37(7)27-23-19-15-11-3)42-32-30-40(48-36(6)26-22-18-14-10-2)34-44(42)46(41)50-38(8)28-24-20-16-12-4/h29-38H,9-28H2,1-8H3. The zero-order valence-electron chi connectivity index (χ0n) is 33.5. The third kappa shape index (κ3) is 14.2. The first-order chi connectivity index (χ1) is 24.3. The lowest BCUT2D eigenvalue weighted by atomic mass is 9.99. The van der Waals surface area contributed by atoms with Crippen molar-refractivity contribution in [3.8, 4) is 23.0 Å². The third-order valence-corrected chi connectivity index (χ3v) is 10.1. The van der Waals surface area contributed by atoms with Crippen LogP contribution in [0, 0.1) is 0 Å². The highest BCUT2D eigenvalue weighted by molar-refractivity contribution is 6.11. The van der Waals surface area contributed by atoms with Crippen LogP contribution >= 0.6 is 0 Å². The summed E-state index contributed by atoms with van der Waals surface area (Å²) in [6.07, 6.45) is 24.6. The second kappa shape index (κ2) is 23.8. The molecule has 0 saturated heterocycles. The molecule has 282 valence electrons. The van der Waals surface area contributed by atoms with E-state index in [1.807, 2.05) is 0 Å². The molecule has 3 aromatic carbocycles. The fraction of sp³-hybridized carbons (Fsp3) is 0.696. The summed E-state index contributed by atoms with van der Waals surface area (Å²) in [5, 5.41) is 4.30. The molecule has 0 aliphatic rings. The van der Waals surface area contributed by atoms with Crippen molar-refractivity contribution >= 4 is 21.5 Å². The van der Waals surface area contributed by atoms with Crippen LogP contribution in [-0.4, -0.2) is 24.4 Å². The number of fused-ring (bicyclic) bond motifs is 2. The van der Waals surface area contributed by atoms with Gasteiger partial charge in [-0.25, -0.2) is 0 Å². The van der Waals surface area contributed by atoms with E-state index in [1.54, 1.807) is 0 Å². The van der Waals surface area contributed by atoms with Crippen molar-refractivity contribution in [2.75, 3.05) is 0 Å². The number of benzene rings is 3. The van der Waals surface area contributed by atoms with Gasteiger partial charge in [0.25, 0.3) is 0 Å². The molecule has 0 aromatic heterocycles. The molecule has 0 radical (unpaired) electrons. The van der Waals surface area contributed by atoms with Gasteiger partial charge in [0, 0.05) is 21.5 Å². The fourth-order valence-corrected chi connectivity index (χ4v) is 7.05. The van der Waals surface area contributed by atoms with E-state index in [2.05, 4.69) is 91.8 Å². The van der Waals surface area contributed by atoms with Crippen molar-refractivity contribution in [2.24, 2.45) is 0 Å². The van der Waals surface area contributed by atoms with Crippen molar-refractivity contribution in [1.29, 1.82) is 0 Å². The molecule has 0 bridgehead atoms. The Morgan fingerprint density at radius 3 is 0.960 bits per heavy atom. The van der Waals surface area contributed by atoms with Crippen LogP contribution in [0.4, 0.5) is 0 Å². The predicted octanol–water partition coefficient (Wildman–Crippen LogP) is 14.9. The normalized spacial score (nSPS) is 14.1. The summed E-state index contributed by atoms with van der Waals surface area (Å²) in [5.74, 6) is 3.66. The Morgan fingerprint density at radius 2 is 0.660 bits per heavy atom. The van der Waals surface area contributed by atoms with E-state index in [9.17, 15) is 0 Å². The lowest BCUT2D eigenvalue weighted by molar-refractivity contribution is 0.203. The van der Waals surface area contributed by atoms with Gasteiger partial charge in [0.05, 0.1) is 24.4 Å². The van der Waals surface area contributed by atoms with Crippen LogP contribution in [0.25, 0.3) is 21.5 Å². The molecule has 3 aromatic rings. The van der Waals surface area contributed by atoms with Gasteiger partial charge in [-0.15, -0.1) is 0 Å². The molecule has 0 spiro atoms. The first kappa shape index (κ1) is 41.8. The molecule has 0 heterocycles. The molecule has 0 saturated carbocycles. The smallest absolute Gasteiger partial charge is 0.135 e. The van der Waals surface area contributed by atoms with Crippen LogP contribution < -0.4 is 18.9 Å². The second-order valence-corrected chi connectivity index (χ2v) is 15.2. The van der Waals surface area contributed by atoms with E-state index in [0.717, 1.165) is 70.2 Å². The van der Waals surface area contributed by atoms with E-state index in [4.69, 9.17) is 18.9 Å². The Morgan fingerprint density at radius 1 is 0.360 bits per heavy atom. The van der Waals surface area contributed by atoms with E-state index < -0.39 is 0 Å². The first-order valence-corrected chi connectivity index (χ1v) is 21.0. The van der Waals surface area contributed by atoms with Crippen LogP contribution in [-0.2, 0) is 0 Å². The largest absolute Gasteiger partial charge is 0.491 e. The highest BCUT2D eigenvalue weighted by Gasteiger charge is 2.22. The average molecular weight is 691 g/mol. The zero-order valence-corrected chi connectivity index (χ0v) is 33.5. The molecule has 4 unspecified atom stereocenters. The summed E-state index contributed by atoms with van der Waals surface area (Å²) in [6.45, 7) is 17.9. The minimum Gasteiger partial charge on any atom is -0.491 e. The summed E-state index contributed by atoms with van der Waals surface area (Å²) in [7, 11) is 0. The molecule has 0 N–H and O–H groups in total. The number of unbranched alkanes of at least 4 members (excludes halogenated alkanes) is 12. The van der Waals surface area contributed by atoms with Gasteiger partial charge in [-0.05, 0) is 115 Å². The van der Waals surface area contributed by atoms with E-state index in [1.165, 1.54) is 103 Å². The topological polar surface area (TPSA) is 36.9 Å². The first-order valence-electron chi connectivity index (χ1n) is 21.0. The number of hydrogen-bond donors (Lipinski definition) is 0. The predicted molar refractivity (Wildman–Crippen MR) is 217 cm³/mol. The molecule has 0 amide bonds. The monoisotopic (exact) mass is 691 g/mol. The van der Waals surface area contributed by atoms with E-state index in [0.29, 0.717) is 0 Å². The minimum absolute atomic E-state index is 0.101. The molecule has 0 fully saturated rings. The average Bonchev–Trinajstić information content (AvgIpc) is 3.10. The van der Waals surface area contributed by atoms with Gasteiger partial charge in [0.15, 0.2) is 0 Å². The lowest BCUT2D eigenvalue weighted by Gasteiger charge is -2.24. The quantitative estimate of drug-likeness (QED) is 0.0561. The molecule has 4 heteroatoms. The maximum atomic E-state index is 6.97. The summed E-state index contributed by atoms with van der Waals surface area (Å²) in [6, 6.07) is 13.1. The van der Waals surface area contributed by atoms with E-state index >= 15 is 0 Å². The van der Waals surface area contributed by atoms with Gasteiger partial charge in [0.2, 0.25) is 0 Å². The van der Waals surface area contributed by atoms with Gasteiger partial charge in [-0.3, -0.25) is 0 Å². The summed E-state index contributed by atoms with van der Waals surface area (Å²) in [5.41, 5.74) is 0. The Hall–Kier alpha value is -2.62. The Bertz CT molecular complexity index is 1250. The van der Waals surface area contributed by atoms with Crippen LogP contribution in [0.15, 0.2) is 36.4 Å². The summed E-state index contributed by atoms with van der Waals surface area (Å²) >= 11 is 0. The van der Waals surface area contributed by atoms with Crippen molar-refractivity contribution in [3.05, 3.63) is 36.4 Å². The molecule has 0 aliphatic carbocycles. The van der Waals surface area contributed by atoms with Crippen molar-refractivity contribution in [3.63, 3.8) is 0 Å². The molecule has 0 aliphatic heterocycles. The molecule has 3 rings (SSSR count). The van der Waals surface area contributed by atoms with Crippen molar-refractivity contribution in [2.45, 2.75) is 208 Å². The molecule has 50 heavy (non-hydrogen) atoms. The Labute approximate surface area is 307 Å². The minimum atomic E-state index is 0.101. The maximum absolute atomic E-state index is 6.97. The van der Waals surface area contributed by atoms with Gasteiger partial charge >= 0.3 is 0 Å². The van der Waals surface area contributed by atoms with Crippen LogP contribution in [0.3, 0.4) is 0 Å². The maximum Gasteiger partial charge on any atom is 0.135 e. The van der Waals surface area contributed by atoms with Gasteiger partial charge in [-0.2, -0.15) is 0 Å². The van der Waals surface area contributed by atoms with Gasteiger partial charge < -0.3 is 18.9 Å². The SMILES string of the molecule is CCCCCCC(C)Oc1ccc2c(OC(C)CCCCCC)c3cc(OC(C)CCCCCC)ccc3c(OC(C)CCCCCC)c2c1. The highest BCUT2D eigenvalue weighted by atomic mass is 16.5.